The highest BCUT2D eigenvalue weighted by Crippen LogP contribution is 2.44. The molecule has 0 unspecified atom stereocenters. The van der Waals surface area contributed by atoms with Gasteiger partial charge in [-0.25, -0.2) is 4.68 Å². The fourth-order valence-electron chi connectivity index (χ4n) is 4.15. The number of rotatable bonds is 3. The topological polar surface area (TPSA) is 46.5 Å². The summed E-state index contributed by atoms with van der Waals surface area (Å²) < 4.78 is 2.00. The Balaban J connectivity index is 1.80. The van der Waals surface area contributed by atoms with Crippen LogP contribution >= 0.6 is 0 Å². The molecule has 3 aromatic rings. The molecule has 25 heavy (non-hydrogen) atoms. The third-order valence-electron chi connectivity index (χ3n) is 5.54. The Morgan fingerprint density at radius 1 is 1.16 bits per heavy atom. The van der Waals surface area contributed by atoms with Crippen molar-refractivity contribution in [2.45, 2.75) is 52.4 Å². The highest BCUT2D eigenvalue weighted by molar-refractivity contribution is 5.63. The summed E-state index contributed by atoms with van der Waals surface area (Å²) in [7, 11) is 0. The molecule has 0 fully saturated rings. The fraction of sp³-hybridized carbons (Fsp3) is 0.429. The molecular formula is C21H26N4. The van der Waals surface area contributed by atoms with Crippen molar-refractivity contribution in [1.29, 1.82) is 0 Å². The summed E-state index contributed by atoms with van der Waals surface area (Å²) in [5, 5.41) is 12.9. The van der Waals surface area contributed by atoms with Crippen LogP contribution in [0.1, 0.15) is 62.4 Å². The number of para-hydroxylation sites is 1. The standard InChI is InChI=1S/C21H26N4/c1-13(2)17-11-10-14(3)19-20(17)22-23-21(19)18-12-15(4)25(24-18)16-8-6-5-7-9-16/h5-9,12-14,17H,10-11H2,1-4H3,(H,22,23)/t14-,17-/m1/s1. The van der Waals surface area contributed by atoms with E-state index < -0.39 is 0 Å². The maximum atomic E-state index is 4.87. The van der Waals surface area contributed by atoms with E-state index in [1.807, 2.05) is 22.9 Å². The van der Waals surface area contributed by atoms with Gasteiger partial charge in [-0.3, -0.25) is 5.10 Å². The number of aryl methyl sites for hydroxylation is 1. The summed E-state index contributed by atoms with van der Waals surface area (Å²) in [6.45, 7) is 9.02. The van der Waals surface area contributed by atoms with Crippen LogP contribution in [0.5, 0.6) is 0 Å². The molecule has 0 amide bonds. The van der Waals surface area contributed by atoms with Gasteiger partial charge in [-0.2, -0.15) is 10.2 Å². The second kappa shape index (κ2) is 6.17. The summed E-state index contributed by atoms with van der Waals surface area (Å²) in [6, 6.07) is 12.4. The number of H-pyrrole nitrogens is 1. The van der Waals surface area contributed by atoms with E-state index in [9.17, 15) is 0 Å². The zero-order chi connectivity index (χ0) is 17.6. The first-order valence-electron chi connectivity index (χ1n) is 9.27. The first kappa shape index (κ1) is 16.1. The predicted molar refractivity (Wildman–Crippen MR) is 101 cm³/mol. The van der Waals surface area contributed by atoms with Crippen LogP contribution in [-0.2, 0) is 0 Å². The predicted octanol–water partition coefficient (Wildman–Crippen LogP) is 5.21. The van der Waals surface area contributed by atoms with E-state index >= 15 is 0 Å². The van der Waals surface area contributed by atoms with E-state index in [-0.39, 0.29) is 0 Å². The zero-order valence-corrected chi connectivity index (χ0v) is 15.5. The Labute approximate surface area is 149 Å². The number of aromatic amines is 1. The van der Waals surface area contributed by atoms with Gasteiger partial charge in [-0.1, -0.05) is 39.0 Å². The van der Waals surface area contributed by atoms with Crippen molar-refractivity contribution in [3.05, 3.63) is 53.3 Å². The summed E-state index contributed by atoms with van der Waals surface area (Å²) in [5.41, 5.74) is 6.92. The van der Waals surface area contributed by atoms with Gasteiger partial charge < -0.3 is 0 Å². The quantitative estimate of drug-likeness (QED) is 0.715. The Bertz CT molecular complexity index is 873. The molecule has 1 aliphatic carbocycles. The molecule has 4 nitrogen and oxygen atoms in total. The van der Waals surface area contributed by atoms with Gasteiger partial charge in [0.15, 0.2) is 0 Å². The van der Waals surface area contributed by atoms with Gasteiger partial charge in [-0.05, 0) is 49.8 Å². The molecule has 0 spiro atoms. The van der Waals surface area contributed by atoms with Crippen molar-refractivity contribution >= 4 is 0 Å². The molecule has 1 aromatic carbocycles. The zero-order valence-electron chi connectivity index (χ0n) is 15.5. The first-order valence-corrected chi connectivity index (χ1v) is 9.27. The lowest BCUT2D eigenvalue weighted by Gasteiger charge is -2.29. The van der Waals surface area contributed by atoms with Crippen LogP contribution in [0, 0.1) is 12.8 Å². The molecule has 0 saturated carbocycles. The van der Waals surface area contributed by atoms with E-state index in [1.54, 1.807) is 0 Å². The van der Waals surface area contributed by atoms with Gasteiger partial charge in [0.05, 0.1) is 5.69 Å². The number of fused-ring (bicyclic) bond motifs is 1. The number of hydrogen-bond acceptors (Lipinski definition) is 2. The molecule has 130 valence electrons. The fourth-order valence-corrected chi connectivity index (χ4v) is 4.15. The van der Waals surface area contributed by atoms with Crippen LogP contribution < -0.4 is 0 Å². The van der Waals surface area contributed by atoms with E-state index in [4.69, 9.17) is 10.2 Å². The summed E-state index contributed by atoms with van der Waals surface area (Å²) in [4.78, 5) is 0. The maximum Gasteiger partial charge on any atom is 0.116 e. The summed E-state index contributed by atoms with van der Waals surface area (Å²) in [6.07, 6.45) is 2.46. The number of benzene rings is 1. The smallest absolute Gasteiger partial charge is 0.116 e. The highest BCUT2D eigenvalue weighted by atomic mass is 15.3. The lowest BCUT2D eigenvalue weighted by atomic mass is 9.75. The van der Waals surface area contributed by atoms with Gasteiger partial charge in [0.1, 0.15) is 11.4 Å². The number of nitrogens with one attached hydrogen (secondary N) is 1. The third-order valence-corrected chi connectivity index (χ3v) is 5.54. The van der Waals surface area contributed by atoms with E-state index in [2.05, 4.69) is 51.0 Å². The molecule has 2 heterocycles. The molecule has 0 saturated heterocycles. The Morgan fingerprint density at radius 3 is 2.64 bits per heavy atom. The average Bonchev–Trinajstić information content (AvgIpc) is 3.20. The van der Waals surface area contributed by atoms with Crippen molar-refractivity contribution in [2.24, 2.45) is 5.92 Å². The summed E-state index contributed by atoms with van der Waals surface area (Å²) >= 11 is 0. The Kier molecular flexibility index (Phi) is 3.98. The van der Waals surface area contributed by atoms with Crippen molar-refractivity contribution in [2.75, 3.05) is 0 Å². The van der Waals surface area contributed by atoms with Crippen molar-refractivity contribution in [3.8, 4) is 17.1 Å². The minimum atomic E-state index is 0.529. The number of hydrogen-bond donors (Lipinski definition) is 1. The van der Waals surface area contributed by atoms with Crippen LogP contribution in [0.15, 0.2) is 36.4 Å². The SMILES string of the molecule is Cc1cc(-c2n[nH]c3c2[C@H](C)CC[C@@H]3C(C)C)nn1-c1ccccc1. The summed E-state index contributed by atoms with van der Waals surface area (Å²) in [5.74, 6) is 1.73. The monoisotopic (exact) mass is 334 g/mol. The molecule has 1 aliphatic rings. The Morgan fingerprint density at radius 2 is 1.92 bits per heavy atom. The molecule has 0 bridgehead atoms. The van der Waals surface area contributed by atoms with E-state index in [0.29, 0.717) is 17.8 Å². The minimum Gasteiger partial charge on any atom is -0.281 e. The van der Waals surface area contributed by atoms with Gasteiger partial charge in [-0.15, -0.1) is 0 Å². The number of aromatic nitrogens is 4. The molecule has 2 aromatic heterocycles. The average molecular weight is 334 g/mol. The van der Waals surface area contributed by atoms with Crippen LogP contribution in [0.2, 0.25) is 0 Å². The van der Waals surface area contributed by atoms with E-state index in [1.165, 1.54) is 24.1 Å². The van der Waals surface area contributed by atoms with Crippen LogP contribution in [0.25, 0.3) is 17.1 Å². The van der Waals surface area contributed by atoms with Crippen LogP contribution in [0.3, 0.4) is 0 Å². The second-order valence-electron chi connectivity index (χ2n) is 7.65. The van der Waals surface area contributed by atoms with Gasteiger partial charge in [0.25, 0.3) is 0 Å². The molecular weight excluding hydrogens is 308 g/mol. The molecule has 4 heteroatoms. The highest BCUT2D eigenvalue weighted by Gasteiger charge is 2.32. The van der Waals surface area contributed by atoms with Crippen molar-refractivity contribution in [3.63, 3.8) is 0 Å². The van der Waals surface area contributed by atoms with Crippen molar-refractivity contribution < 1.29 is 0 Å². The lowest BCUT2D eigenvalue weighted by Crippen LogP contribution is -2.16. The van der Waals surface area contributed by atoms with Gasteiger partial charge in [0.2, 0.25) is 0 Å². The van der Waals surface area contributed by atoms with Gasteiger partial charge in [0, 0.05) is 22.9 Å². The normalized spacial score (nSPS) is 20.0. The molecule has 0 aliphatic heterocycles. The maximum absolute atomic E-state index is 4.87. The largest absolute Gasteiger partial charge is 0.281 e. The van der Waals surface area contributed by atoms with Crippen LogP contribution in [0.4, 0.5) is 0 Å². The third kappa shape index (κ3) is 2.70. The van der Waals surface area contributed by atoms with Crippen molar-refractivity contribution in [1.82, 2.24) is 20.0 Å². The molecule has 0 radical (unpaired) electrons. The molecule has 2 atom stereocenters. The van der Waals surface area contributed by atoms with E-state index in [0.717, 1.165) is 22.8 Å². The second-order valence-corrected chi connectivity index (χ2v) is 7.65. The molecule has 4 rings (SSSR count). The Hall–Kier alpha value is -2.36. The minimum absolute atomic E-state index is 0.529. The lowest BCUT2D eigenvalue weighted by molar-refractivity contribution is 0.403. The van der Waals surface area contributed by atoms with Crippen LogP contribution in [-0.4, -0.2) is 20.0 Å². The number of nitrogens with zero attached hydrogens (tertiary/aromatic N) is 3. The first-order chi connectivity index (χ1) is 12.1. The van der Waals surface area contributed by atoms with Gasteiger partial charge >= 0.3 is 0 Å². The molecule has 1 N–H and O–H groups in total.